The van der Waals surface area contributed by atoms with Crippen LogP contribution in [0.1, 0.15) is 24.8 Å². The first-order chi connectivity index (χ1) is 8.81. The monoisotopic (exact) mass is 248 g/mol. The lowest BCUT2D eigenvalue weighted by atomic mass is 10.0. The first kappa shape index (κ1) is 13.4. The average Bonchev–Trinajstić information content (AvgIpc) is 2.41. The van der Waals surface area contributed by atoms with Gasteiger partial charge in [-0.1, -0.05) is 24.6 Å². The molecule has 1 aliphatic rings. The van der Waals surface area contributed by atoms with Gasteiger partial charge in [-0.2, -0.15) is 0 Å². The molecule has 1 saturated heterocycles. The molecule has 1 fully saturated rings. The van der Waals surface area contributed by atoms with Crippen LogP contribution >= 0.6 is 0 Å². The molecule has 1 atom stereocenters. The van der Waals surface area contributed by atoms with Crippen LogP contribution < -0.4 is 10.5 Å². The normalized spacial score (nSPS) is 20.9. The van der Waals surface area contributed by atoms with Gasteiger partial charge in [0.05, 0.1) is 0 Å². The number of aryl methyl sites for hydroxylation is 1. The number of para-hydroxylation sites is 1. The van der Waals surface area contributed by atoms with Crippen molar-refractivity contribution in [2.24, 2.45) is 5.73 Å². The Morgan fingerprint density at radius 3 is 2.94 bits per heavy atom. The van der Waals surface area contributed by atoms with Gasteiger partial charge in [-0.3, -0.25) is 4.90 Å². The van der Waals surface area contributed by atoms with Crippen LogP contribution in [0.5, 0.6) is 5.75 Å². The second kappa shape index (κ2) is 6.76. The molecule has 1 heterocycles. The predicted octanol–water partition coefficient (Wildman–Crippen LogP) is 2.19. The zero-order valence-corrected chi connectivity index (χ0v) is 11.3. The lowest BCUT2D eigenvalue weighted by Gasteiger charge is -2.34. The zero-order valence-electron chi connectivity index (χ0n) is 11.3. The second-order valence-electron chi connectivity index (χ2n) is 5.04. The van der Waals surface area contributed by atoms with E-state index in [9.17, 15) is 0 Å². The van der Waals surface area contributed by atoms with E-state index in [1.807, 2.05) is 18.2 Å². The van der Waals surface area contributed by atoms with Crippen LogP contribution in [-0.2, 0) is 0 Å². The quantitative estimate of drug-likeness (QED) is 0.868. The molecule has 0 aromatic heterocycles. The summed E-state index contributed by atoms with van der Waals surface area (Å²) in [6, 6.07) is 8.73. The Labute approximate surface area is 110 Å². The molecule has 18 heavy (non-hydrogen) atoms. The van der Waals surface area contributed by atoms with E-state index >= 15 is 0 Å². The average molecular weight is 248 g/mol. The SMILES string of the molecule is Cc1ccccc1OCCN1CCCCC1CN. The number of benzene rings is 1. The van der Waals surface area contributed by atoms with Crippen molar-refractivity contribution in [3.63, 3.8) is 0 Å². The maximum absolute atomic E-state index is 5.85. The Hall–Kier alpha value is -1.06. The smallest absolute Gasteiger partial charge is 0.122 e. The fourth-order valence-electron chi connectivity index (χ4n) is 2.61. The first-order valence-electron chi connectivity index (χ1n) is 6.94. The zero-order chi connectivity index (χ0) is 12.8. The largest absolute Gasteiger partial charge is 0.492 e. The van der Waals surface area contributed by atoms with E-state index in [1.165, 1.54) is 31.4 Å². The number of rotatable bonds is 5. The van der Waals surface area contributed by atoms with E-state index in [2.05, 4.69) is 17.9 Å². The van der Waals surface area contributed by atoms with Gasteiger partial charge < -0.3 is 10.5 Å². The molecule has 0 saturated carbocycles. The van der Waals surface area contributed by atoms with Crippen molar-refractivity contribution < 1.29 is 4.74 Å². The highest BCUT2D eigenvalue weighted by Gasteiger charge is 2.20. The molecule has 3 heteroatoms. The van der Waals surface area contributed by atoms with Gasteiger partial charge >= 0.3 is 0 Å². The summed E-state index contributed by atoms with van der Waals surface area (Å²) in [4.78, 5) is 2.47. The highest BCUT2D eigenvalue weighted by atomic mass is 16.5. The van der Waals surface area contributed by atoms with Gasteiger partial charge in [0.2, 0.25) is 0 Å². The van der Waals surface area contributed by atoms with E-state index in [1.54, 1.807) is 0 Å². The van der Waals surface area contributed by atoms with Crippen LogP contribution in [0.2, 0.25) is 0 Å². The maximum Gasteiger partial charge on any atom is 0.122 e. The molecule has 1 aliphatic heterocycles. The maximum atomic E-state index is 5.85. The summed E-state index contributed by atoms with van der Waals surface area (Å²) in [5, 5.41) is 0. The van der Waals surface area contributed by atoms with Gasteiger partial charge in [0.25, 0.3) is 0 Å². The van der Waals surface area contributed by atoms with E-state index in [0.717, 1.165) is 25.4 Å². The molecule has 0 aliphatic carbocycles. The minimum absolute atomic E-state index is 0.555. The first-order valence-corrected chi connectivity index (χ1v) is 6.94. The van der Waals surface area contributed by atoms with Crippen LogP contribution in [0.25, 0.3) is 0 Å². The third-order valence-corrected chi connectivity index (χ3v) is 3.75. The standard InChI is InChI=1S/C15H24N2O/c1-13-6-2-3-8-15(13)18-11-10-17-9-5-4-7-14(17)12-16/h2-3,6,8,14H,4-5,7,9-12,16H2,1H3. The van der Waals surface area contributed by atoms with Crippen molar-refractivity contribution in [2.45, 2.75) is 32.2 Å². The van der Waals surface area contributed by atoms with E-state index in [4.69, 9.17) is 10.5 Å². The number of hydrogen-bond acceptors (Lipinski definition) is 3. The van der Waals surface area contributed by atoms with Crippen molar-refractivity contribution in [1.29, 1.82) is 0 Å². The van der Waals surface area contributed by atoms with Gasteiger partial charge in [0, 0.05) is 19.1 Å². The molecule has 1 aromatic rings. The van der Waals surface area contributed by atoms with Crippen LogP contribution in [0.15, 0.2) is 24.3 Å². The van der Waals surface area contributed by atoms with Gasteiger partial charge in [-0.25, -0.2) is 0 Å². The minimum Gasteiger partial charge on any atom is -0.492 e. The highest BCUT2D eigenvalue weighted by molar-refractivity contribution is 5.31. The van der Waals surface area contributed by atoms with Crippen LogP contribution in [0.3, 0.4) is 0 Å². The minimum atomic E-state index is 0.555. The van der Waals surface area contributed by atoms with E-state index in [-0.39, 0.29) is 0 Å². The lowest BCUT2D eigenvalue weighted by Crippen LogP contribution is -2.45. The van der Waals surface area contributed by atoms with Crippen molar-refractivity contribution in [3.05, 3.63) is 29.8 Å². The molecule has 2 rings (SSSR count). The van der Waals surface area contributed by atoms with Gasteiger partial charge in [0.15, 0.2) is 0 Å². The summed E-state index contributed by atoms with van der Waals surface area (Å²) in [6.07, 6.45) is 3.85. The Kier molecular flexibility index (Phi) is 5.02. The predicted molar refractivity (Wildman–Crippen MR) is 74.9 cm³/mol. The molecule has 0 radical (unpaired) electrons. The van der Waals surface area contributed by atoms with Gasteiger partial charge in [-0.05, 0) is 37.9 Å². The molecular weight excluding hydrogens is 224 g/mol. The summed E-state index contributed by atoms with van der Waals surface area (Å²) < 4.78 is 5.85. The van der Waals surface area contributed by atoms with E-state index < -0.39 is 0 Å². The molecule has 3 nitrogen and oxygen atoms in total. The van der Waals surface area contributed by atoms with Crippen molar-refractivity contribution >= 4 is 0 Å². The lowest BCUT2D eigenvalue weighted by molar-refractivity contribution is 0.127. The highest BCUT2D eigenvalue weighted by Crippen LogP contribution is 2.18. The molecule has 1 unspecified atom stereocenters. The number of ether oxygens (including phenoxy) is 1. The van der Waals surface area contributed by atoms with Gasteiger partial charge in [0.1, 0.15) is 12.4 Å². The summed E-state index contributed by atoms with van der Waals surface area (Å²) >= 11 is 0. The fraction of sp³-hybridized carbons (Fsp3) is 0.600. The summed E-state index contributed by atoms with van der Waals surface area (Å²) in [5.74, 6) is 0.999. The molecule has 100 valence electrons. The number of piperidine rings is 1. The van der Waals surface area contributed by atoms with Crippen LogP contribution in [0, 0.1) is 6.92 Å². The number of nitrogens with two attached hydrogens (primary N) is 1. The fourth-order valence-corrected chi connectivity index (χ4v) is 2.61. The molecule has 2 N–H and O–H groups in total. The van der Waals surface area contributed by atoms with Crippen LogP contribution in [0.4, 0.5) is 0 Å². The van der Waals surface area contributed by atoms with Gasteiger partial charge in [-0.15, -0.1) is 0 Å². The van der Waals surface area contributed by atoms with Crippen molar-refractivity contribution in [3.8, 4) is 5.75 Å². The van der Waals surface area contributed by atoms with E-state index in [0.29, 0.717) is 6.04 Å². The Bertz CT molecular complexity index is 367. The summed E-state index contributed by atoms with van der Waals surface area (Å²) in [6.45, 7) is 5.75. The molecule has 0 bridgehead atoms. The van der Waals surface area contributed by atoms with Crippen LogP contribution in [-0.4, -0.2) is 37.2 Å². The van der Waals surface area contributed by atoms with Crippen molar-refractivity contribution in [2.75, 3.05) is 26.2 Å². The number of likely N-dealkylation sites (tertiary alicyclic amines) is 1. The summed E-state index contributed by atoms with van der Waals surface area (Å²) in [7, 11) is 0. The summed E-state index contributed by atoms with van der Waals surface area (Å²) in [5.41, 5.74) is 7.02. The topological polar surface area (TPSA) is 38.5 Å². The molecule has 0 amide bonds. The second-order valence-corrected chi connectivity index (χ2v) is 5.04. The molecule has 0 spiro atoms. The third kappa shape index (κ3) is 3.47. The number of nitrogens with zero attached hydrogens (tertiary/aromatic N) is 1. The Morgan fingerprint density at radius 1 is 1.33 bits per heavy atom. The van der Waals surface area contributed by atoms with Crippen molar-refractivity contribution in [1.82, 2.24) is 4.90 Å². The Morgan fingerprint density at radius 2 is 2.17 bits per heavy atom. The third-order valence-electron chi connectivity index (χ3n) is 3.75. The molecular formula is C15H24N2O. The number of hydrogen-bond donors (Lipinski definition) is 1. The molecule has 1 aromatic carbocycles. The Balaban J connectivity index is 1.79.